The number of nitrogens with zero attached hydrogens (tertiary/aromatic N) is 2. The zero-order valence-electron chi connectivity index (χ0n) is 16.0. The number of hydrogen-bond acceptors (Lipinski definition) is 5. The van der Waals surface area contributed by atoms with Crippen molar-refractivity contribution in [2.45, 2.75) is 25.3 Å². The van der Waals surface area contributed by atoms with Gasteiger partial charge in [-0.3, -0.25) is 4.79 Å². The molecule has 5 nitrogen and oxygen atoms in total. The average Bonchev–Trinajstić information content (AvgIpc) is 3.33. The molecule has 1 aromatic heterocycles. The van der Waals surface area contributed by atoms with Crippen molar-refractivity contribution in [1.82, 2.24) is 9.88 Å². The number of carbonyl (C=O) groups is 1. The number of aromatic nitrogens is 1. The van der Waals surface area contributed by atoms with Crippen molar-refractivity contribution < 1.29 is 14.3 Å². The number of para-hydroxylation sites is 1. The number of ether oxygens (including phenoxy) is 2. The standard InChI is InChI=1S/C23H22N2O3S/c26-22(11-9-16-8-10-19-20(15-16)28-14-4-13-27-19)25-12-3-6-18(25)23-24-17-5-1-2-7-21(17)29-23/h1-2,5,7-11,15,18H,3-4,6,12-14H2. The van der Waals surface area contributed by atoms with Gasteiger partial charge in [-0.1, -0.05) is 18.2 Å². The lowest BCUT2D eigenvalue weighted by Crippen LogP contribution is -2.28. The van der Waals surface area contributed by atoms with Crippen LogP contribution in [0.5, 0.6) is 11.5 Å². The Morgan fingerprint density at radius 2 is 1.97 bits per heavy atom. The maximum absolute atomic E-state index is 12.9. The van der Waals surface area contributed by atoms with Crippen LogP contribution in [0.1, 0.15) is 35.9 Å². The van der Waals surface area contributed by atoms with Gasteiger partial charge in [-0.05, 0) is 48.7 Å². The van der Waals surface area contributed by atoms with Crippen molar-refractivity contribution in [1.29, 1.82) is 0 Å². The van der Waals surface area contributed by atoms with E-state index in [1.807, 2.05) is 47.4 Å². The van der Waals surface area contributed by atoms with E-state index in [1.165, 1.54) is 4.70 Å². The summed E-state index contributed by atoms with van der Waals surface area (Å²) in [5.74, 6) is 1.53. The maximum Gasteiger partial charge on any atom is 0.247 e. The monoisotopic (exact) mass is 406 g/mol. The van der Waals surface area contributed by atoms with Crippen LogP contribution in [0.4, 0.5) is 0 Å². The molecule has 148 valence electrons. The molecule has 0 N–H and O–H groups in total. The highest BCUT2D eigenvalue weighted by Crippen LogP contribution is 2.36. The molecule has 5 rings (SSSR count). The fourth-order valence-corrected chi connectivity index (χ4v) is 4.98. The highest BCUT2D eigenvalue weighted by molar-refractivity contribution is 7.18. The molecule has 0 saturated carbocycles. The van der Waals surface area contributed by atoms with E-state index >= 15 is 0 Å². The number of carbonyl (C=O) groups excluding carboxylic acids is 1. The molecule has 1 unspecified atom stereocenters. The molecular formula is C23H22N2O3S. The van der Waals surface area contributed by atoms with E-state index in [9.17, 15) is 4.79 Å². The molecule has 6 heteroatoms. The first-order valence-corrected chi connectivity index (χ1v) is 10.8. The number of hydrogen-bond donors (Lipinski definition) is 0. The first-order chi connectivity index (χ1) is 14.3. The summed E-state index contributed by atoms with van der Waals surface area (Å²) in [6.45, 7) is 2.09. The predicted octanol–water partition coefficient (Wildman–Crippen LogP) is 4.83. The summed E-state index contributed by atoms with van der Waals surface area (Å²) in [5, 5.41) is 1.03. The third-order valence-corrected chi connectivity index (χ3v) is 6.46. The van der Waals surface area contributed by atoms with Crippen LogP contribution < -0.4 is 9.47 Å². The van der Waals surface area contributed by atoms with Gasteiger partial charge in [0.2, 0.25) is 5.91 Å². The lowest BCUT2D eigenvalue weighted by Gasteiger charge is -2.21. The second-order valence-electron chi connectivity index (χ2n) is 7.30. The van der Waals surface area contributed by atoms with E-state index < -0.39 is 0 Å². The van der Waals surface area contributed by atoms with E-state index in [4.69, 9.17) is 14.5 Å². The van der Waals surface area contributed by atoms with Crippen molar-refractivity contribution in [2.24, 2.45) is 0 Å². The molecule has 1 saturated heterocycles. The van der Waals surface area contributed by atoms with E-state index in [0.29, 0.717) is 13.2 Å². The van der Waals surface area contributed by atoms with E-state index in [-0.39, 0.29) is 11.9 Å². The number of benzene rings is 2. The van der Waals surface area contributed by atoms with Crippen LogP contribution >= 0.6 is 11.3 Å². The fraction of sp³-hybridized carbons (Fsp3) is 0.304. The molecule has 0 bridgehead atoms. The molecule has 0 radical (unpaired) electrons. The molecule has 1 atom stereocenters. The minimum Gasteiger partial charge on any atom is -0.490 e. The zero-order valence-corrected chi connectivity index (χ0v) is 16.9. The maximum atomic E-state index is 12.9. The second kappa shape index (κ2) is 7.87. The predicted molar refractivity (Wildman–Crippen MR) is 114 cm³/mol. The average molecular weight is 407 g/mol. The molecule has 2 aliphatic rings. The van der Waals surface area contributed by atoms with Gasteiger partial charge in [-0.2, -0.15) is 0 Å². The van der Waals surface area contributed by atoms with E-state index in [0.717, 1.165) is 53.4 Å². The second-order valence-corrected chi connectivity index (χ2v) is 8.36. The Morgan fingerprint density at radius 1 is 1.10 bits per heavy atom. The van der Waals surface area contributed by atoms with Gasteiger partial charge in [0.05, 0.1) is 29.5 Å². The zero-order chi connectivity index (χ0) is 19.6. The first-order valence-electron chi connectivity index (χ1n) is 10.0. The number of amides is 1. The number of fused-ring (bicyclic) bond motifs is 2. The third kappa shape index (κ3) is 3.72. The number of thiazole rings is 1. The van der Waals surface area contributed by atoms with Crippen molar-refractivity contribution in [3.8, 4) is 11.5 Å². The molecule has 2 aromatic carbocycles. The summed E-state index contributed by atoms with van der Waals surface area (Å²) in [7, 11) is 0. The van der Waals surface area contributed by atoms with Crippen molar-refractivity contribution in [2.75, 3.05) is 19.8 Å². The molecular weight excluding hydrogens is 384 g/mol. The van der Waals surface area contributed by atoms with Gasteiger partial charge in [0.25, 0.3) is 0 Å². The molecule has 3 aromatic rings. The Balaban J connectivity index is 1.34. The fourth-order valence-electron chi connectivity index (χ4n) is 3.87. The minimum atomic E-state index is 0.0267. The molecule has 0 aliphatic carbocycles. The smallest absolute Gasteiger partial charge is 0.247 e. The SMILES string of the molecule is O=C(C=Cc1ccc2c(c1)OCCCO2)N1CCCC1c1nc2ccccc2s1. The topological polar surface area (TPSA) is 51.7 Å². The summed E-state index contributed by atoms with van der Waals surface area (Å²) in [6, 6.07) is 14.0. The largest absolute Gasteiger partial charge is 0.490 e. The third-order valence-electron chi connectivity index (χ3n) is 5.32. The number of likely N-dealkylation sites (tertiary alicyclic amines) is 1. The highest BCUT2D eigenvalue weighted by Gasteiger charge is 2.31. The van der Waals surface area contributed by atoms with Crippen LogP contribution in [-0.4, -0.2) is 35.5 Å². The lowest BCUT2D eigenvalue weighted by molar-refractivity contribution is -0.126. The van der Waals surface area contributed by atoms with Crippen LogP contribution in [0.2, 0.25) is 0 Å². The van der Waals surface area contributed by atoms with Crippen molar-refractivity contribution >= 4 is 33.5 Å². The van der Waals surface area contributed by atoms with E-state index in [1.54, 1.807) is 17.4 Å². The summed E-state index contributed by atoms with van der Waals surface area (Å²) in [6.07, 6.45) is 6.35. The molecule has 0 spiro atoms. The van der Waals surface area contributed by atoms with Crippen molar-refractivity contribution in [3.63, 3.8) is 0 Å². The van der Waals surface area contributed by atoms with Gasteiger partial charge in [0, 0.05) is 19.0 Å². The van der Waals surface area contributed by atoms with Gasteiger partial charge < -0.3 is 14.4 Å². The molecule has 1 fully saturated rings. The van der Waals surface area contributed by atoms with Gasteiger partial charge >= 0.3 is 0 Å². The Morgan fingerprint density at radius 3 is 2.86 bits per heavy atom. The minimum absolute atomic E-state index is 0.0267. The van der Waals surface area contributed by atoms with Gasteiger partial charge in [0.15, 0.2) is 11.5 Å². The van der Waals surface area contributed by atoms with Crippen LogP contribution in [-0.2, 0) is 4.79 Å². The Labute approximate surface area is 173 Å². The number of rotatable bonds is 3. The quantitative estimate of drug-likeness (QED) is 0.585. The van der Waals surface area contributed by atoms with Gasteiger partial charge in [0.1, 0.15) is 5.01 Å². The lowest BCUT2D eigenvalue weighted by atomic mass is 10.2. The van der Waals surface area contributed by atoms with Crippen LogP contribution in [0, 0.1) is 0 Å². The van der Waals surface area contributed by atoms with Gasteiger partial charge in [-0.25, -0.2) is 4.98 Å². The Kier molecular flexibility index (Phi) is 4.94. The summed E-state index contributed by atoms with van der Waals surface area (Å²) < 4.78 is 12.6. The molecule has 3 heterocycles. The van der Waals surface area contributed by atoms with Crippen LogP contribution in [0.25, 0.3) is 16.3 Å². The Bertz CT molecular complexity index is 1040. The van der Waals surface area contributed by atoms with Crippen LogP contribution in [0.15, 0.2) is 48.5 Å². The normalized spacial score (nSPS) is 19.0. The molecule has 29 heavy (non-hydrogen) atoms. The van der Waals surface area contributed by atoms with Crippen molar-refractivity contribution in [3.05, 3.63) is 59.1 Å². The first kappa shape index (κ1) is 18.2. The summed E-state index contributed by atoms with van der Waals surface area (Å²) >= 11 is 1.69. The van der Waals surface area contributed by atoms with Gasteiger partial charge in [-0.15, -0.1) is 11.3 Å². The summed E-state index contributed by atoms with van der Waals surface area (Å²) in [4.78, 5) is 19.6. The molecule has 1 amide bonds. The molecule has 2 aliphatic heterocycles. The van der Waals surface area contributed by atoms with E-state index in [2.05, 4.69) is 6.07 Å². The highest BCUT2D eigenvalue weighted by atomic mass is 32.1. The van der Waals surface area contributed by atoms with Crippen LogP contribution in [0.3, 0.4) is 0 Å². The Hall–Kier alpha value is -2.86. The summed E-state index contributed by atoms with van der Waals surface area (Å²) in [5.41, 5.74) is 1.94.